The van der Waals surface area contributed by atoms with Crippen molar-refractivity contribution in [1.29, 1.82) is 0 Å². The molecule has 1 fully saturated rings. The lowest BCUT2D eigenvalue weighted by Crippen LogP contribution is -2.21. The van der Waals surface area contributed by atoms with E-state index in [1.54, 1.807) is 0 Å². The lowest BCUT2D eigenvalue weighted by atomic mass is 10.1. The van der Waals surface area contributed by atoms with Crippen LogP contribution in [0.2, 0.25) is 0 Å². The van der Waals surface area contributed by atoms with Gasteiger partial charge in [0.15, 0.2) is 5.11 Å². The molecule has 1 aliphatic rings. The van der Waals surface area contributed by atoms with Gasteiger partial charge in [-0.3, -0.25) is 10.1 Å². The van der Waals surface area contributed by atoms with Crippen LogP contribution in [0, 0.1) is 13.8 Å². The van der Waals surface area contributed by atoms with Crippen LogP contribution in [0.3, 0.4) is 0 Å². The molecule has 0 atom stereocenters. The number of aryl methyl sites for hydroxylation is 2. The van der Waals surface area contributed by atoms with Crippen molar-refractivity contribution in [2.75, 3.05) is 0 Å². The van der Waals surface area contributed by atoms with E-state index in [4.69, 9.17) is 12.2 Å². The van der Waals surface area contributed by atoms with Gasteiger partial charge in [-0.05, 0) is 67.9 Å². The number of nitrogens with zero attached hydrogens (tertiary/aromatic N) is 1. The highest BCUT2D eigenvalue weighted by Gasteiger charge is 2.21. The molecule has 1 aliphatic heterocycles. The van der Waals surface area contributed by atoms with Gasteiger partial charge in [0, 0.05) is 17.1 Å². The second kappa shape index (κ2) is 6.01. The molecule has 1 aromatic carbocycles. The molecular weight excluding hydrogens is 306 g/mol. The average molecular weight is 325 g/mol. The molecule has 1 aromatic heterocycles. The fourth-order valence-corrected chi connectivity index (χ4v) is 3.05. The molecule has 2 N–H and O–H groups in total. The first-order valence-electron chi connectivity index (χ1n) is 7.62. The maximum Gasteiger partial charge on any atom is 0.273 e. The SMILES string of the molecule is CCc1ccc(-n2c(C)cc(C=C3NC(=S)NC3=O)c2C)cc1. The number of hydrogen-bond donors (Lipinski definition) is 2. The maximum absolute atomic E-state index is 11.8. The number of carbonyl (C=O) groups is 1. The summed E-state index contributed by atoms with van der Waals surface area (Å²) in [5, 5.41) is 5.82. The van der Waals surface area contributed by atoms with Crippen molar-refractivity contribution >= 4 is 29.3 Å². The number of aromatic nitrogens is 1. The van der Waals surface area contributed by atoms with E-state index in [1.165, 1.54) is 5.56 Å². The Hall–Kier alpha value is -2.40. The number of hydrogen-bond acceptors (Lipinski definition) is 2. The Kier molecular flexibility index (Phi) is 4.05. The van der Waals surface area contributed by atoms with Gasteiger partial charge < -0.3 is 9.88 Å². The lowest BCUT2D eigenvalue weighted by molar-refractivity contribution is -0.115. The van der Waals surface area contributed by atoms with E-state index in [9.17, 15) is 4.79 Å². The van der Waals surface area contributed by atoms with Crippen molar-refractivity contribution < 1.29 is 4.79 Å². The molecule has 0 unspecified atom stereocenters. The summed E-state index contributed by atoms with van der Waals surface area (Å²) < 4.78 is 2.19. The summed E-state index contributed by atoms with van der Waals surface area (Å²) >= 11 is 4.96. The summed E-state index contributed by atoms with van der Waals surface area (Å²) in [5.41, 5.74) is 6.15. The molecule has 2 aromatic rings. The Morgan fingerprint density at radius 1 is 1.17 bits per heavy atom. The molecule has 2 heterocycles. The van der Waals surface area contributed by atoms with E-state index in [1.807, 2.05) is 6.08 Å². The summed E-state index contributed by atoms with van der Waals surface area (Å²) in [6, 6.07) is 10.6. The van der Waals surface area contributed by atoms with Gasteiger partial charge in [-0.25, -0.2) is 0 Å². The summed E-state index contributed by atoms with van der Waals surface area (Å²) in [6.07, 6.45) is 2.87. The molecule has 118 valence electrons. The van der Waals surface area contributed by atoms with E-state index >= 15 is 0 Å². The van der Waals surface area contributed by atoms with Crippen LogP contribution in [0.1, 0.15) is 29.4 Å². The van der Waals surface area contributed by atoms with E-state index in [2.05, 4.69) is 66.3 Å². The summed E-state index contributed by atoms with van der Waals surface area (Å²) in [5.74, 6) is -0.188. The van der Waals surface area contributed by atoms with E-state index < -0.39 is 0 Å². The molecule has 0 bridgehead atoms. The van der Waals surface area contributed by atoms with E-state index in [0.29, 0.717) is 10.8 Å². The Morgan fingerprint density at radius 2 is 1.87 bits per heavy atom. The molecule has 1 saturated heterocycles. The van der Waals surface area contributed by atoms with E-state index in [-0.39, 0.29) is 5.91 Å². The predicted octanol–water partition coefficient (Wildman–Crippen LogP) is 3.00. The first-order chi connectivity index (χ1) is 11.0. The Morgan fingerprint density at radius 3 is 2.43 bits per heavy atom. The van der Waals surface area contributed by atoms with Crippen molar-refractivity contribution in [3.63, 3.8) is 0 Å². The van der Waals surface area contributed by atoms with Crippen molar-refractivity contribution in [3.05, 3.63) is 58.5 Å². The molecule has 4 nitrogen and oxygen atoms in total. The zero-order valence-corrected chi connectivity index (χ0v) is 14.3. The molecule has 0 saturated carbocycles. The molecule has 3 rings (SSSR count). The molecule has 0 radical (unpaired) electrons. The van der Waals surface area contributed by atoms with Gasteiger partial charge in [-0.15, -0.1) is 0 Å². The monoisotopic (exact) mass is 325 g/mol. The summed E-state index contributed by atoms with van der Waals surface area (Å²) in [7, 11) is 0. The Bertz CT molecular complexity index is 816. The minimum absolute atomic E-state index is 0.188. The van der Waals surface area contributed by atoms with Crippen LogP contribution in [0.25, 0.3) is 11.8 Å². The zero-order valence-electron chi connectivity index (χ0n) is 13.4. The van der Waals surface area contributed by atoms with Gasteiger partial charge in [0.2, 0.25) is 0 Å². The first-order valence-corrected chi connectivity index (χ1v) is 8.02. The van der Waals surface area contributed by atoms with Gasteiger partial charge in [0.25, 0.3) is 5.91 Å². The zero-order chi connectivity index (χ0) is 16.6. The number of carbonyl (C=O) groups excluding carboxylic acids is 1. The molecule has 0 spiro atoms. The summed E-state index contributed by atoms with van der Waals surface area (Å²) in [4.78, 5) is 11.8. The van der Waals surface area contributed by atoms with Crippen LogP contribution in [0.15, 0.2) is 36.0 Å². The van der Waals surface area contributed by atoms with Gasteiger partial charge in [0.05, 0.1) is 0 Å². The van der Waals surface area contributed by atoms with Gasteiger partial charge in [0.1, 0.15) is 5.70 Å². The highest BCUT2D eigenvalue weighted by Crippen LogP contribution is 2.23. The molecule has 5 heteroatoms. The molecular formula is C18H19N3OS. The van der Waals surface area contributed by atoms with Crippen molar-refractivity contribution in [3.8, 4) is 5.69 Å². The first kappa shape index (κ1) is 15.5. The van der Waals surface area contributed by atoms with Crippen LogP contribution < -0.4 is 10.6 Å². The minimum Gasteiger partial charge on any atom is -0.328 e. The van der Waals surface area contributed by atoms with Crippen LogP contribution >= 0.6 is 12.2 Å². The molecule has 0 aliphatic carbocycles. The third-order valence-corrected chi connectivity index (χ3v) is 4.30. The van der Waals surface area contributed by atoms with Crippen LogP contribution in [0.4, 0.5) is 0 Å². The normalized spacial score (nSPS) is 15.9. The number of nitrogens with one attached hydrogen (secondary N) is 2. The largest absolute Gasteiger partial charge is 0.328 e. The Balaban J connectivity index is 2.01. The van der Waals surface area contributed by atoms with Crippen molar-refractivity contribution in [2.24, 2.45) is 0 Å². The lowest BCUT2D eigenvalue weighted by Gasteiger charge is -2.10. The van der Waals surface area contributed by atoms with E-state index in [0.717, 1.165) is 29.1 Å². The highest BCUT2D eigenvalue weighted by atomic mass is 32.1. The second-order valence-electron chi connectivity index (χ2n) is 5.65. The number of rotatable bonds is 3. The maximum atomic E-state index is 11.8. The van der Waals surface area contributed by atoms with Crippen LogP contribution in [0.5, 0.6) is 0 Å². The number of amides is 1. The van der Waals surface area contributed by atoms with Crippen LogP contribution in [-0.4, -0.2) is 15.6 Å². The summed E-state index contributed by atoms with van der Waals surface area (Å²) in [6.45, 7) is 6.27. The standard InChI is InChI=1S/C18H19N3OS/c1-4-13-5-7-15(8-6-13)21-11(2)9-14(12(21)3)10-16-17(22)20-18(23)19-16/h5-10H,4H2,1-3H3,(H2,19,20,22,23). The Labute approximate surface area is 141 Å². The molecule has 23 heavy (non-hydrogen) atoms. The van der Waals surface area contributed by atoms with Gasteiger partial charge in [-0.2, -0.15) is 0 Å². The second-order valence-corrected chi connectivity index (χ2v) is 6.06. The minimum atomic E-state index is -0.188. The number of thiocarbonyl (C=S) groups is 1. The topological polar surface area (TPSA) is 46.1 Å². The highest BCUT2D eigenvalue weighted by molar-refractivity contribution is 7.80. The fourth-order valence-electron chi connectivity index (χ4n) is 2.85. The third-order valence-electron chi connectivity index (χ3n) is 4.09. The quantitative estimate of drug-likeness (QED) is 0.674. The average Bonchev–Trinajstić information content (AvgIpc) is 2.99. The van der Waals surface area contributed by atoms with Gasteiger partial charge in [-0.1, -0.05) is 19.1 Å². The fraction of sp³-hybridized carbons (Fsp3) is 0.222. The number of benzene rings is 1. The third kappa shape index (κ3) is 2.92. The molecule has 1 amide bonds. The smallest absolute Gasteiger partial charge is 0.273 e. The van der Waals surface area contributed by atoms with Crippen molar-refractivity contribution in [2.45, 2.75) is 27.2 Å². The van der Waals surface area contributed by atoms with Crippen molar-refractivity contribution in [1.82, 2.24) is 15.2 Å². The predicted molar refractivity (Wildman–Crippen MR) is 96.5 cm³/mol. The van der Waals surface area contributed by atoms with Crippen LogP contribution in [-0.2, 0) is 11.2 Å². The van der Waals surface area contributed by atoms with Gasteiger partial charge >= 0.3 is 0 Å².